The highest BCUT2D eigenvalue weighted by atomic mass is 32.2. The molecule has 1 amide bonds. The van der Waals surface area contributed by atoms with Crippen molar-refractivity contribution in [2.24, 2.45) is 0 Å². The SMILES string of the molecule is COc1ccc(NS(=O)(=O)c2ccc(NC(=O)[C@@H]3CN(S(=O)(=O)c4ccccc4)CCN3S(=O)(=O)c3ccccc3)cc2)cc1. The lowest BCUT2D eigenvalue weighted by Crippen LogP contribution is -2.60. The zero-order valence-corrected chi connectivity index (χ0v) is 26.4. The fourth-order valence-corrected chi connectivity index (χ4v) is 8.85. The van der Waals surface area contributed by atoms with E-state index in [0.29, 0.717) is 11.4 Å². The summed E-state index contributed by atoms with van der Waals surface area (Å²) in [5.74, 6) is -0.221. The summed E-state index contributed by atoms with van der Waals surface area (Å²) in [6, 6.07) is 25.4. The molecule has 0 bridgehead atoms. The van der Waals surface area contributed by atoms with Gasteiger partial charge in [0.2, 0.25) is 26.0 Å². The molecule has 236 valence electrons. The van der Waals surface area contributed by atoms with Gasteiger partial charge in [-0.3, -0.25) is 9.52 Å². The van der Waals surface area contributed by atoms with Gasteiger partial charge in [-0.2, -0.15) is 8.61 Å². The lowest BCUT2D eigenvalue weighted by molar-refractivity contribution is -0.120. The molecule has 15 heteroatoms. The van der Waals surface area contributed by atoms with Gasteiger partial charge < -0.3 is 10.1 Å². The van der Waals surface area contributed by atoms with Gasteiger partial charge in [0.15, 0.2) is 0 Å². The number of hydrogen-bond acceptors (Lipinski definition) is 8. The van der Waals surface area contributed by atoms with Crippen molar-refractivity contribution in [3.8, 4) is 5.75 Å². The van der Waals surface area contributed by atoms with Crippen LogP contribution < -0.4 is 14.8 Å². The summed E-state index contributed by atoms with van der Waals surface area (Å²) in [5, 5.41) is 2.62. The average molecular weight is 671 g/mol. The summed E-state index contributed by atoms with van der Waals surface area (Å²) < 4.78 is 89.5. The van der Waals surface area contributed by atoms with Crippen molar-refractivity contribution in [1.82, 2.24) is 8.61 Å². The van der Waals surface area contributed by atoms with Gasteiger partial charge in [0.1, 0.15) is 11.8 Å². The van der Waals surface area contributed by atoms with Crippen LogP contribution in [0.5, 0.6) is 5.75 Å². The molecule has 0 saturated carbocycles. The second-order valence-electron chi connectivity index (χ2n) is 9.97. The Bertz CT molecular complexity index is 1970. The van der Waals surface area contributed by atoms with Crippen LogP contribution in [-0.2, 0) is 34.9 Å². The average Bonchev–Trinajstić information content (AvgIpc) is 3.05. The molecule has 0 unspecified atom stereocenters. The molecule has 1 aliphatic rings. The molecule has 1 saturated heterocycles. The van der Waals surface area contributed by atoms with E-state index in [-0.39, 0.29) is 33.5 Å². The fourth-order valence-electron chi connectivity index (χ4n) is 4.75. The minimum atomic E-state index is -4.19. The zero-order chi connectivity index (χ0) is 32.2. The van der Waals surface area contributed by atoms with E-state index in [9.17, 15) is 30.0 Å². The second kappa shape index (κ2) is 13.0. The van der Waals surface area contributed by atoms with Crippen LogP contribution in [0.4, 0.5) is 11.4 Å². The molecule has 4 aromatic rings. The van der Waals surface area contributed by atoms with E-state index in [2.05, 4.69) is 10.0 Å². The molecular weight excluding hydrogens is 641 g/mol. The summed E-state index contributed by atoms with van der Waals surface area (Å²) in [7, 11) is -10.7. The third-order valence-corrected chi connectivity index (χ3v) is 12.3. The Morgan fingerprint density at radius 1 is 0.667 bits per heavy atom. The molecule has 1 fully saturated rings. The van der Waals surface area contributed by atoms with E-state index in [1.165, 1.54) is 55.6 Å². The van der Waals surface area contributed by atoms with E-state index in [1.807, 2.05) is 0 Å². The van der Waals surface area contributed by atoms with Gasteiger partial charge in [0, 0.05) is 31.0 Å². The number of piperazine rings is 1. The van der Waals surface area contributed by atoms with Crippen LogP contribution in [0.3, 0.4) is 0 Å². The first-order valence-corrected chi connectivity index (χ1v) is 18.0. The molecule has 1 heterocycles. The second-order valence-corrected chi connectivity index (χ2v) is 15.5. The number of carbonyl (C=O) groups is 1. The Morgan fingerprint density at radius 3 is 1.76 bits per heavy atom. The topological polar surface area (TPSA) is 159 Å². The number of nitrogens with one attached hydrogen (secondary N) is 2. The number of anilines is 2. The summed E-state index contributed by atoms with van der Waals surface area (Å²) in [4.78, 5) is 13.6. The van der Waals surface area contributed by atoms with Gasteiger partial charge >= 0.3 is 0 Å². The summed E-state index contributed by atoms with van der Waals surface area (Å²) >= 11 is 0. The zero-order valence-electron chi connectivity index (χ0n) is 24.0. The smallest absolute Gasteiger partial charge is 0.261 e. The van der Waals surface area contributed by atoms with E-state index in [4.69, 9.17) is 4.74 Å². The number of sulfonamides is 3. The Balaban J connectivity index is 1.38. The number of nitrogens with zero attached hydrogens (tertiary/aromatic N) is 2. The molecule has 2 N–H and O–H groups in total. The largest absolute Gasteiger partial charge is 0.497 e. The van der Waals surface area contributed by atoms with Crippen molar-refractivity contribution in [2.45, 2.75) is 20.7 Å². The third kappa shape index (κ3) is 7.02. The Hall–Kier alpha value is -4.28. The monoisotopic (exact) mass is 670 g/mol. The van der Waals surface area contributed by atoms with Crippen LogP contribution in [0.25, 0.3) is 0 Å². The lowest BCUT2D eigenvalue weighted by Gasteiger charge is -2.38. The highest BCUT2D eigenvalue weighted by Crippen LogP contribution is 2.27. The minimum absolute atomic E-state index is 0.0172. The fraction of sp³-hybridized carbons (Fsp3) is 0.167. The molecule has 4 aromatic carbocycles. The van der Waals surface area contributed by atoms with Crippen LogP contribution in [0.2, 0.25) is 0 Å². The van der Waals surface area contributed by atoms with Crippen molar-refractivity contribution in [3.63, 3.8) is 0 Å². The van der Waals surface area contributed by atoms with Crippen molar-refractivity contribution < 1.29 is 34.8 Å². The number of carbonyl (C=O) groups excluding carboxylic acids is 1. The first kappa shape index (κ1) is 32.1. The van der Waals surface area contributed by atoms with Gasteiger partial charge in [0.25, 0.3) is 10.0 Å². The van der Waals surface area contributed by atoms with Crippen molar-refractivity contribution in [1.29, 1.82) is 0 Å². The molecule has 1 aliphatic heterocycles. The minimum Gasteiger partial charge on any atom is -0.497 e. The normalized spacial score (nSPS) is 16.5. The quantitative estimate of drug-likeness (QED) is 0.260. The molecule has 1 atom stereocenters. The van der Waals surface area contributed by atoms with Crippen LogP contribution in [0.15, 0.2) is 124 Å². The highest BCUT2D eigenvalue weighted by Gasteiger charge is 2.43. The van der Waals surface area contributed by atoms with Crippen LogP contribution in [0.1, 0.15) is 0 Å². The molecule has 0 radical (unpaired) electrons. The maximum absolute atomic E-state index is 13.7. The van der Waals surface area contributed by atoms with Gasteiger partial charge in [-0.25, -0.2) is 25.3 Å². The third-order valence-electron chi connectivity index (χ3n) is 7.10. The van der Waals surface area contributed by atoms with Gasteiger partial charge in [0.05, 0.1) is 21.8 Å². The number of methoxy groups -OCH3 is 1. The number of ether oxygens (including phenoxy) is 1. The van der Waals surface area contributed by atoms with Gasteiger partial charge in [-0.15, -0.1) is 0 Å². The first-order chi connectivity index (χ1) is 21.4. The predicted octanol–water partition coefficient (Wildman–Crippen LogP) is 3.20. The number of amides is 1. The lowest BCUT2D eigenvalue weighted by atomic mass is 10.2. The molecule has 0 spiro atoms. The first-order valence-electron chi connectivity index (χ1n) is 13.6. The standard InChI is InChI=1S/C30H30N4O8S3/c1-42-25-16-12-24(13-17-25)32-43(36,37)26-18-14-23(15-19-26)31-30(35)29-22-33(44(38,39)27-8-4-2-5-9-27)20-21-34(29)45(40,41)28-10-6-3-7-11-28/h2-19,29,32H,20-22H2,1H3,(H,31,35)/t29-/m0/s1. The number of rotatable bonds is 10. The molecule has 0 aliphatic carbocycles. The number of benzene rings is 4. The van der Waals surface area contributed by atoms with Crippen molar-refractivity contribution in [2.75, 3.05) is 36.8 Å². The molecule has 5 rings (SSSR count). The van der Waals surface area contributed by atoms with E-state index < -0.39 is 48.6 Å². The van der Waals surface area contributed by atoms with Crippen molar-refractivity contribution >= 4 is 47.4 Å². The van der Waals surface area contributed by atoms with E-state index in [0.717, 1.165) is 8.61 Å². The maximum Gasteiger partial charge on any atom is 0.261 e. The Morgan fingerprint density at radius 2 is 1.20 bits per heavy atom. The summed E-state index contributed by atoms with van der Waals surface area (Å²) in [6.45, 7) is -0.871. The summed E-state index contributed by atoms with van der Waals surface area (Å²) in [6.07, 6.45) is 0. The summed E-state index contributed by atoms with van der Waals surface area (Å²) in [5.41, 5.74) is 0.503. The van der Waals surface area contributed by atoms with Crippen LogP contribution >= 0.6 is 0 Å². The molecular formula is C30H30N4O8S3. The van der Waals surface area contributed by atoms with Gasteiger partial charge in [-0.1, -0.05) is 36.4 Å². The van der Waals surface area contributed by atoms with Crippen molar-refractivity contribution in [3.05, 3.63) is 109 Å². The Kier molecular flexibility index (Phi) is 9.27. The van der Waals surface area contributed by atoms with E-state index in [1.54, 1.807) is 60.7 Å². The molecule has 45 heavy (non-hydrogen) atoms. The molecule has 0 aromatic heterocycles. The van der Waals surface area contributed by atoms with E-state index >= 15 is 0 Å². The number of hydrogen-bond donors (Lipinski definition) is 2. The van der Waals surface area contributed by atoms with Crippen LogP contribution in [-0.4, -0.2) is 72.6 Å². The van der Waals surface area contributed by atoms with Crippen LogP contribution in [0, 0.1) is 0 Å². The Labute approximate surface area is 262 Å². The predicted molar refractivity (Wildman–Crippen MR) is 168 cm³/mol. The van der Waals surface area contributed by atoms with Gasteiger partial charge in [-0.05, 0) is 72.8 Å². The molecule has 12 nitrogen and oxygen atoms in total. The highest BCUT2D eigenvalue weighted by molar-refractivity contribution is 7.92. The maximum atomic E-state index is 13.7.